The summed E-state index contributed by atoms with van der Waals surface area (Å²) in [6, 6.07) is 3.32. The summed E-state index contributed by atoms with van der Waals surface area (Å²) in [6.45, 7) is 0. The highest BCUT2D eigenvalue weighted by Gasteiger charge is 2.40. The Morgan fingerprint density at radius 3 is 2.36 bits per heavy atom. The molecule has 0 fully saturated rings. The van der Waals surface area contributed by atoms with Gasteiger partial charge in [0, 0.05) is 10.0 Å². The second-order valence-corrected chi connectivity index (χ2v) is 3.50. The first-order valence-electron chi connectivity index (χ1n) is 3.55. The van der Waals surface area contributed by atoms with Crippen molar-refractivity contribution in [3.05, 3.63) is 28.2 Å². The second kappa shape index (κ2) is 3.78. The number of aromatic hydroxyl groups is 1. The fraction of sp³-hybridized carbons (Fsp3) is 0.250. The molecule has 0 aliphatic heterocycles. The number of alkyl halides is 3. The van der Waals surface area contributed by atoms with E-state index in [4.69, 9.17) is 10.2 Å². The molecule has 0 heterocycles. The Bertz CT molecular complexity index is 338. The maximum Gasteiger partial charge on any atom is 0.418 e. The number of phenols is 1. The number of hydrogen-bond donors (Lipinski definition) is 2. The molecule has 1 aromatic rings. The van der Waals surface area contributed by atoms with Crippen LogP contribution in [-0.4, -0.2) is 16.4 Å². The largest absolute Gasteiger partial charge is 0.508 e. The summed E-state index contributed by atoms with van der Waals surface area (Å²) < 4.78 is 36.4. The van der Waals surface area contributed by atoms with Gasteiger partial charge in [-0.05, 0) is 18.2 Å². The quantitative estimate of drug-likeness (QED) is 0.824. The summed E-state index contributed by atoms with van der Waals surface area (Å²) in [5.74, 6) is -0.327. The van der Waals surface area contributed by atoms with Gasteiger partial charge in [-0.25, -0.2) is 0 Å². The van der Waals surface area contributed by atoms with Crippen LogP contribution in [0.3, 0.4) is 0 Å². The number of hydrogen-bond acceptors (Lipinski definition) is 2. The van der Waals surface area contributed by atoms with Crippen molar-refractivity contribution in [3.8, 4) is 5.75 Å². The third-order valence-electron chi connectivity index (χ3n) is 1.58. The number of aliphatic hydroxyl groups is 1. The number of halogens is 4. The molecule has 78 valence electrons. The normalized spacial score (nSPS) is 14.1. The predicted octanol–water partition coefficient (Wildman–Crippen LogP) is 2.75. The molecule has 0 spiro atoms. The molecule has 6 heteroatoms. The lowest BCUT2D eigenvalue weighted by Crippen LogP contribution is -2.20. The number of phenolic OH excluding ortho intramolecular Hbond substituents is 1. The van der Waals surface area contributed by atoms with Crippen LogP contribution in [0.1, 0.15) is 11.7 Å². The maximum atomic E-state index is 12.1. The van der Waals surface area contributed by atoms with E-state index in [1.807, 2.05) is 0 Å². The van der Waals surface area contributed by atoms with Crippen molar-refractivity contribution in [2.75, 3.05) is 0 Å². The van der Waals surface area contributed by atoms with Crippen molar-refractivity contribution in [2.45, 2.75) is 12.3 Å². The Labute approximate surface area is 86.1 Å². The van der Waals surface area contributed by atoms with Gasteiger partial charge in [0.1, 0.15) is 5.75 Å². The number of benzene rings is 1. The summed E-state index contributed by atoms with van der Waals surface area (Å²) in [6.07, 6.45) is -7.33. The lowest BCUT2D eigenvalue weighted by atomic mass is 10.1. The van der Waals surface area contributed by atoms with Crippen LogP contribution in [-0.2, 0) is 0 Å². The Morgan fingerprint density at radius 2 is 1.86 bits per heavy atom. The van der Waals surface area contributed by atoms with E-state index in [2.05, 4.69) is 15.9 Å². The number of rotatable bonds is 1. The molecule has 0 amide bonds. The van der Waals surface area contributed by atoms with Gasteiger partial charge in [-0.1, -0.05) is 15.9 Å². The van der Waals surface area contributed by atoms with Crippen molar-refractivity contribution < 1.29 is 23.4 Å². The van der Waals surface area contributed by atoms with Crippen LogP contribution in [0.15, 0.2) is 22.7 Å². The molecule has 1 aromatic carbocycles. The zero-order valence-electron chi connectivity index (χ0n) is 6.72. The molecule has 1 rings (SSSR count). The van der Waals surface area contributed by atoms with E-state index in [0.29, 0.717) is 0 Å². The Kier molecular flexibility index (Phi) is 3.06. The molecule has 0 aromatic heterocycles. The standard InChI is InChI=1S/C8H6BrF3O2/c9-6-2-1-4(13)3-5(6)7(14)8(10,11)12/h1-3,7,13-14H/t7-/m0/s1. The fourth-order valence-corrected chi connectivity index (χ4v) is 1.38. The van der Waals surface area contributed by atoms with Gasteiger partial charge in [0.05, 0.1) is 0 Å². The minimum Gasteiger partial charge on any atom is -0.508 e. The van der Waals surface area contributed by atoms with Crippen molar-refractivity contribution in [1.82, 2.24) is 0 Å². The average Bonchev–Trinajstić information content (AvgIpc) is 2.06. The Hall–Kier alpha value is -0.750. The molecule has 0 aliphatic carbocycles. The van der Waals surface area contributed by atoms with Crippen molar-refractivity contribution in [1.29, 1.82) is 0 Å². The van der Waals surface area contributed by atoms with Gasteiger partial charge in [-0.2, -0.15) is 13.2 Å². The third-order valence-corrected chi connectivity index (χ3v) is 2.31. The van der Waals surface area contributed by atoms with E-state index in [9.17, 15) is 13.2 Å². The minimum absolute atomic E-state index is 0.0973. The topological polar surface area (TPSA) is 40.5 Å². The van der Waals surface area contributed by atoms with Gasteiger partial charge in [-0.3, -0.25) is 0 Å². The van der Waals surface area contributed by atoms with Crippen molar-refractivity contribution >= 4 is 15.9 Å². The molecule has 0 saturated heterocycles. The first-order chi connectivity index (χ1) is 6.32. The molecule has 0 bridgehead atoms. The minimum atomic E-state index is -4.74. The molecular weight excluding hydrogens is 265 g/mol. The van der Waals surface area contributed by atoms with E-state index in [1.54, 1.807) is 0 Å². The molecule has 0 saturated carbocycles. The smallest absolute Gasteiger partial charge is 0.418 e. The van der Waals surface area contributed by atoms with Crippen LogP contribution in [0.2, 0.25) is 0 Å². The molecule has 14 heavy (non-hydrogen) atoms. The van der Waals surface area contributed by atoms with E-state index < -0.39 is 17.8 Å². The highest BCUT2D eigenvalue weighted by Crippen LogP contribution is 2.37. The van der Waals surface area contributed by atoms with Crippen LogP contribution in [0, 0.1) is 0 Å². The van der Waals surface area contributed by atoms with Crippen molar-refractivity contribution in [3.63, 3.8) is 0 Å². The van der Waals surface area contributed by atoms with E-state index in [-0.39, 0.29) is 10.2 Å². The molecule has 0 radical (unpaired) electrons. The van der Waals surface area contributed by atoms with Crippen LogP contribution >= 0.6 is 15.9 Å². The van der Waals surface area contributed by atoms with Crippen LogP contribution in [0.5, 0.6) is 5.75 Å². The zero-order chi connectivity index (χ0) is 10.9. The lowest BCUT2D eigenvalue weighted by Gasteiger charge is -2.16. The van der Waals surface area contributed by atoms with Crippen LogP contribution in [0.4, 0.5) is 13.2 Å². The first-order valence-corrected chi connectivity index (χ1v) is 4.35. The molecule has 0 unspecified atom stereocenters. The zero-order valence-corrected chi connectivity index (χ0v) is 8.30. The van der Waals surface area contributed by atoms with E-state index >= 15 is 0 Å². The first kappa shape index (κ1) is 11.3. The molecule has 1 atom stereocenters. The Morgan fingerprint density at radius 1 is 1.29 bits per heavy atom. The van der Waals surface area contributed by atoms with Gasteiger partial charge in [0.15, 0.2) is 6.10 Å². The van der Waals surface area contributed by atoms with E-state index in [0.717, 1.165) is 6.07 Å². The molecular formula is C8H6BrF3O2. The predicted molar refractivity (Wildman–Crippen MR) is 46.8 cm³/mol. The molecule has 0 aliphatic rings. The molecule has 2 nitrogen and oxygen atoms in total. The SMILES string of the molecule is Oc1ccc(Br)c([C@H](O)C(F)(F)F)c1. The molecule has 2 N–H and O–H groups in total. The monoisotopic (exact) mass is 270 g/mol. The summed E-state index contributed by atoms with van der Waals surface area (Å²) in [5, 5.41) is 17.8. The maximum absolute atomic E-state index is 12.1. The van der Waals surface area contributed by atoms with Gasteiger partial charge in [0.25, 0.3) is 0 Å². The summed E-state index contributed by atoms with van der Waals surface area (Å²) >= 11 is 2.85. The number of aliphatic hydroxyl groups excluding tert-OH is 1. The van der Waals surface area contributed by atoms with Gasteiger partial charge in [-0.15, -0.1) is 0 Å². The Balaban J connectivity index is 3.12. The third kappa shape index (κ3) is 2.39. The second-order valence-electron chi connectivity index (χ2n) is 2.65. The summed E-state index contributed by atoms with van der Waals surface area (Å²) in [7, 11) is 0. The van der Waals surface area contributed by atoms with Gasteiger partial charge >= 0.3 is 6.18 Å². The summed E-state index contributed by atoms with van der Waals surface area (Å²) in [4.78, 5) is 0. The average molecular weight is 271 g/mol. The lowest BCUT2D eigenvalue weighted by molar-refractivity contribution is -0.207. The van der Waals surface area contributed by atoms with Gasteiger partial charge in [0.2, 0.25) is 0 Å². The highest BCUT2D eigenvalue weighted by molar-refractivity contribution is 9.10. The van der Waals surface area contributed by atoms with Crippen LogP contribution < -0.4 is 0 Å². The highest BCUT2D eigenvalue weighted by atomic mass is 79.9. The van der Waals surface area contributed by atoms with Crippen molar-refractivity contribution in [2.24, 2.45) is 0 Å². The fourth-order valence-electron chi connectivity index (χ4n) is 0.917. The van der Waals surface area contributed by atoms with Crippen LogP contribution in [0.25, 0.3) is 0 Å². The van der Waals surface area contributed by atoms with E-state index in [1.165, 1.54) is 12.1 Å². The summed E-state index contributed by atoms with van der Waals surface area (Å²) in [5.41, 5.74) is -0.405. The van der Waals surface area contributed by atoms with Gasteiger partial charge < -0.3 is 10.2 Å².